The first-order valence-corrected chi connectivity index (χ1v) is 15.8. The van der Waals surface area contributed by atoms with Crippen molar-refractivity contribution in [3.8, 4) is 0 Å². The van der Waals surface area contributed by atoms with Crippen molar-refractivity contribution in [2.24, 2.45) is 20.5 Å². The quantitative estimate of drug-likeness (QED) is 0.0472. The summed E-state index contributed by atoms with van der Waals surface area (Å²) in [4.78, 5) is 3.81. The SMILES string of the molecule is Nc1cc(N)c(/N=N/c2cc(S(=O)(=O)O)ccc2S(=O)(=O)O)cc1/N=N/c1cc(Nc2cc(F)nc(F)n2)ccc1S(=O)(=O)O. The average Bonchev–Trinajstić information content (AvgIpc) is 2.89. The molecule has 1 aromatic heterocycles. The number of aromatic nitrogens is 2. The van der Waals surface area contributed by atoms with Crippen molar-refractivity contribution in [3.63, 3.8) is 0 Å². The summed E-state index contributed by atoms with van der Waals surface area (Å²) in [5.41, 5.74) is 9.82. The maximum Gasteiger partial charge on any atom is 0.313 e. The summed E-state index contributed by atoms with van der Waals surface area (Å²) in [5.74, 6) is -1.55. The Morgan fingerprint density at radius 2 is 1.13 bits per heavy atom. The molecule has 18 nitrogen and oxygen atoms in total. The van der Waals surface area contributed by atoms with Crippen LogP contribution in [0.1, 0.15) is 0 Å². The van der Waals surface area contributed by atoms with Crippen LogP contribution in [-0.2, 0) is 30.4 Å². The molecule has 4 rings (SSSR count). The van der Waals surface area contributed by atoms with Crippen molar-refractivity contribution in [1.82, 2.24) is 9.97 Å². The highest BCUT2D eigenvalue weighted by molar-refractivity contribution is 7.86. The summed E-state index contributed by atoms with van der Waals surface area (Å²) >= 11 is 0. The van der Waals surface area contributed by atoms with E-state index in [2.05, 4.69) is 35.7 Å². The molecule has 0 aliphatic carbocycles. The van der Waals surface area contributed by atoms with Crippen molar-refractivity contribution < 1.29 is 47.7 Å². The summed E-state index contributed by atoms with van der Waals surface area (Å²) in [5, 5.41) is 17.5. The molecule has 8 N–H and O–H groups in total. The predicted molar refractivity (Wildman–Crippen MR) is 151 cm³/mol. The van der Waals surface area contributed by atoms with Gasteiger partial charge in [-0.3, -0.25) is 13.7 Å². The van der Waals surface area contributed by atoms with E-state index in [-0.39, 0.29) is 34.3 Å². The summed E-state index contributed by atoms with van der Waals surface area (Å²) in [6, 6.07) is 7.92. The van der Waals surface area contributed by atoms with Crippen LogP contribution in [-0.4, -0.2) is 48.9 Å². The van der Waals surface area contributed by atoms with Crippen LogP contribution in [0.15, 0.2) is 89.7 Å². The number of hydrogen-bond acceptors (Lipinski definition) is 15. The summed E-state index contributed by atoms with van der Waals surface area (Å²) in [6.45, 7) is 0. The van der Waals surface area contributed by atoms with Crippen molar-refractivity contribution in [2.45, 2.75) is 14.7 Å². The van der Waals surface area contributed by atoms with E-state index in [0.29, 0.717) is 18.2 Å². The third-order valence-electron chi connectivity index (χ3n) is 5.39. The maximum atomic E-state index is 13.4. The van der Waals surface area contributed by atoms with Crippen LogP contribution < -0.4 is 16.8 Å². The normalized spacial score (nSPS) is 12.6. The monoisotopic (exact) mass is 685 g/mol. The van der Waals surface area contributed by atoms with Gasteiger partial charge in [-0.2, -0.15) is 44.0 Å². The summed E-state index contributed by atoms with van der Waals surface area (Å²) in [7, 11) is -14.6. The summed E-state index contributed by atoms with van der Waals surface area (Å²) < 4.78 is 125. The van der Waals surface area contributed by atoms with Gasteiger partial charge in [0.15, 0.2) is 0 Å². The smallest absolute Gasteiger partial charge is 0.313 e. The first kappa shape index (κ1) is 32.8. The highest BCUT2D eigenvalue weighted by Gasteiger charge is 2.21. The Balaban J connectivity index is 1.75. The van der Waals surface area contributed by atoms with Crippen molar-refractivity contribution in [3.05, 3.63) is 66.6 Å². The highest BCUT2D eigenvalue weighted by atomic mass is 32.2. The lowest BCUT2D eigenvalue weighted by Crippen LogP contribution is -2.02. The molecule has 0 spiro atoms. The van der Waals surface area contributed by atoms with Gasteiger partial charge in [0.25, 0.3) is 30.4 Å². The average molecular weight is 686 g/mol. The Hall–Kier alpha value is -5.07. The van der Waals surface area contributed by atoms with E-state index in [1.807, 2.05) is 0 Å². The Kier molecular flexibility index (Phi) is 8.86. The number of nitrogens with one attached hydrogen (secondary N) is 1. The molecular formula is C22H17F2N9O9S3. The molecular weight excluding hydrogens is 668 g/mol. The highest BCUT2D eigenvalue weighted by Crippen LogP contribution is 2.37. The van der Waals surface area contributed by atoms with E-state index < -0.39 is 68.4 Å². The van der Waals surface area contributed by atoms with Crippen LogP contribution in [0.5, 0.6) is 0 Å². The van der Waals surface area contributed by atoms with E-state index >= 15 is 0 Å². The molecule has 236 valence electrons. The lowest BCUT2D eigenvalue weighted by molar-refractivity contribution is 0.478. The molecule has 1 heterocycles. The van der Waals surface area contributed by atoms with Crippen LogP contribution in [0.4, 0.5) is 54.4 Å². The van der Waals surface area contributed by atoms with Gasteiger partial charge >= 0.3 is 6.08 Å². The third kappa shape index (κ3) is 8.11. The van der Waals surface area contributed by atoms with Gasteiger partial charge in [0.05, 0.1) is 16.3 Å². The first-order valence-electron chi connectivity index (χ1n) is 11.5. The number of hydrogen-bond donors (Lipinski definition) is 6. The second-order valence-corrected chi connectivity index (χ2v) is 12.8. The zero-order valence-corrected chi connectivity index (χ0v) is 24.3. The van der Waals surface area contributed by atoms with E-state index in [0.717, 1.165) is 36.4 Å². The molecule has 0 saturated carbocycles. The van der Waals surface area contributed by atoms with E-state index in [4.69, 9.17) is 11.5 Å². The lowest BCUT2D eigenvalue weighted by Gasteiger charge is -2.09. The van der Waals surface area contributed by atoms with Gasteiger partial charge in [-0.25, -0.2) is 0 Å². The zero-order chi connectivity index (χ0) is 33.3. The zero-order valence-electron chi connectivity index (χ0n) is 21.8. The lowest BCUT2D eigenvalue weighted by atomic mass is 10.2. The molecule has 23 heteroatoms. The molecule has 0 atom stereocenters. The minimum Gasteiger partial charge on any atom is -0.397 e. The van der Waals surface area contributed by atoms with Crippen LogP contribution in [0, 0.1) is 12.0 Å². The molecule has 4 aromatic rings. The molecule has 3 aromatic carbocycles. The Bertz CT molecular complexity index is 2210. The van der Waals surface area contributed by atoms with Crippen LogP contribution >= 0.6 is 0 Å². The molecule has 0 bridgehead atoms. The fourth-order valence-electron chi connectivity index (χ4n) is 3.45. The molecule has 0 fully saturated rings. The van der Waals surface area contributed by atoms with Gasteiger partial charge in [0, 0.05) is 11.8 Å². The number of nitrogens with two attached hydrogens (primary N) is 2. The van der Waals surface area contributed by atoms with Crippen LogP contribution in [0.2, 0.25) is 0 Å². The maximum absolute atomic E-state index is 13.4. The minimum atomic E-state index is -4.94. The molecule has 0 aliphatic heterocycles. The molecule has 0 saturated heterocycles. The van der Waals surface area contributed by atoms with Crippen LogP contribution in [0.25, 0.3) is 0 Å². The largest absolute Gasteiger partial charge is 0.397 e. The fraction of sp³-hybridized carbons (Fsp3) is 0. The second kappa shape index (κ2) is 12.1. The predicted octanol–water partition coefficient (Wildman–Crippen LogP) is 4.23. The molecule has 0 radical (unpaired) electrons. The van der Waals surface area contributed by atoms with Crippen molar-refractivity contribution in [1.29, 1.82) is 0 Å². The second-order valence-electron chi connectivity index (χ2n) is 8.58. The molecule has 45 heavy (non-hydrogen) atoms. The number of benzene rings is 3. The number of rotatable bonds is 9. The Labute approximate surface area is 251 Å². The Morgan fingerprint density at radius 1 is 0.622 bits per heavy atom. The van der Waals surface area contributed by atoms with Gasteiger partial charge in [-0.05, 0) is 48.5 Å². The van der Waals surface area contributed by atoms with E-state index in [1.54, 1.807) is 0 Å². The van der Waals surface area contributed by atoms with Gasteiger partial charge < -0.3 is 16.8 Å². The van der Waals surface area contributed by atoms with Crippen molar-refractivity contribution in [2.75, 3.05) is 16.8 Å². The number of azo groups is 2. The number of nitrogens with zero attached hydrogens (tertiary/aromatic N) is 6. The number of halogens is 2. The van der Waals surface area contributed by atoms with Crippen LogP contribution in [0.3, 0.4) is 0 Å². The summed E-state index contributed by atoms with van der Waals surface area (Å²) in [6.07, 6.45) is -1.39. The third-order valence-corrected chi connectivity index (χ3v) is 8.04. The molecule has 0 amide bonds. The van der Waals surface area contributed by atoms with E-state index in [9.17, 15) is 47.7 Å². The topological polar surface area (TPSA) is 302 Å². The van der Waals surface area contributed by atoms with Gasteiger partial charge in [0.2, 0.25) is 5.95 Å². The van der Waals surface area contributed by atoms with Gasteiger partial charge in [-0.15, -0.1) is 20.5 Å². The molecule has 0 unspecified atom stereocenters. The molecule has 0 aliphatic rings. The standard InChI is InChI=1S/C22H17F2N9O9S3/c23-20-9-21(29-22(24)28-20)27-10-1-3-18(44(37,38)39)16(5-10)32-30-14-8-15(13(26)7-12(14)25)31-33-17-6-11(43(34,35)36)2-4-19(17)45(40,41)42/h1-9H,25-26H2,(H,27,28,29)(H,34,35,36)(H,37,38,39)(H,40,41,42)/b32-30+,33-31+. The number of nitrogen functional groups attached to an aromatic ring is 2. The number of anilines is 4. The minimum absolute atomic E-state index is 0.00428. The Morgan fingerprint density at radius 3 is 1.64 bits per heavy atom. The van der Waals surface area contributed by atoms with Crippen molar-refractivity contribution >= 4 is 76.0 Å². The van der Waals surface area contributed by atoms with Gasteiger partial charge in [0.1, 0.15) is 38.4 Å². The van der Waals surface area contributed by atoms with E-state index in [1.165, 1.54) is 0 Å². The first-order chi connectivity index (χ1) is 20.8. The van der Waals surface area contributed by atoms with Gasteiger partial charge in [-0.1, -0.05) is 0 Å². The fourth-order valence-corrected chi connectivity index (χ4v) is 5.16.